The van der Waals surface area contributed by atoms with Crippen LogP contribution in [0.15, 0.2) is 53.8 Å². The van der Waals surface area contributed by atoms with Crippen LogP contribution in [0.4, 0.5) is 10.5 Å². The summed E-state index contributed by atoms with van der Waals surface area (Å²) in [4.78, 5) is 29.0. The van der Waals surface area contributed by atoms with Crippen molar-refractivity contribution in [3.63, 3.8) is 0 Å². The number of carbonyl (C=O) groups is 2. The molecular formula is C27H36ClN6O5+. The molecule has 3 N–H and O–H groups in total. The Bertz CT molecular complexity index is 1130. The predicted molar refractivity (Wildman–Crippen MR) is 147 cm³/mol. The number of carbonyl (C=O) groups excluding carboxylic acids is 2. The smallest absolute Gasteiger partial charge is 0.412 e. The van der Waals surface area contributed by atoms with Gasteiger partial charge in [-0.15, -0.1) is 4.99 Å². The molecule has 1 heterocycles. The molecule has 0 radical (unpaired) electrons. The summed E-state index contributed by atoms with van der Waals surface area (Å²) < 4.78 is 17.6. The summed E-state index contributed by atoms with van der Waals surface area (Å²) in [6.45, 7) is 6.05. The first-order valence-electron chi connectivity index (χ1n) is 12.6. The van der Waals surface area contributed by atoms with Gasteiger partial charge in [-0.05, 0) is 57.9 Å². The number of nitrogens with one attached hydrogen (secondary N) is 1. The highest BCUT2D eigenvalue weighted by Gasteiger charge is 2.18. The molecule has 0 saturated heterocycles. The van der Waals surface area contributed by atoms with Crippen molar-refractivity contribution < 1.29 is 28.4 Å². The molecule has 39 heavy (non-hydrogen) atoms. The quantitative estimate of drug-likeness (QED) is 0.0939. The molecule has 0 fully saturated rings. The number of esters is 1. The highest BCUT2D eigenvalue weighted by molar-refractivity contribution is 6.30. The minimum atomic E-state index is -0.747. The Morgan fingerprint density at radius 3 is 2.41 bits per heavy atom. The Balaban J connectivity index is 1.77. The van der Waals surface area contributed by atoms with Crippen LogP contribution in [0.3, 0.4) is 0 Å². The molecule has 2 rings (SSSR count). The molecule has 210 valence electrons. The fourth-order valence-electron chi connectivity index (χ4n) is 3.36. The minimum Gasteiger partial charge on any atom is -0.494 e. The average Bonchev–Trinajstić information content (AvgIpc) is 2.88. The number of rotatable bonds is 13. The lowest BCUT2D eigenvalue weighted by Crippen LogP contribution is -2.41. The van der Waals surface area contributed by atoms with Gasteiger partial charge in [0.05, 0.1) is 12.3 Å². The Labute approximate surface area is 234 Å². The van der Waals surface area contributed by atoms with Gasteiger partial charge in [-0.2, -0.15) is 9.83 Å². The lowest BCUT2D eigenvalue weighted by molar-refractivity contribution is -0.727. The first-order valence-corrected chi connectivity index (χ1v) is 12.9. The van der Waals surface area contributed by atoms with E-state index >= 15 is 0 Å². The Kier molecular flexibility index (Phi) is 12.8. The molecule has 1 aromatic heterocycles. The van der Waals surface area contributed by atoms with Crippen molar-refractivity contribution in [1.82, 2.24) is 5.32 Å². The second kappa shape index (κ2) is 16.0. The van der Waals surface area contributed by atoms with E-state index in [-0.39, 0.29) is 19.2 Å². The number of nitrogens with two attached hydrogens (primary N) is 1. The number of ether oxygens (including phenoxy) is 3. The largest absolute Gasteiger partial charge is 0.494 e. The van der Waals surface area contributed by atoms with Gasteiger partial charge in [-0.1, -0.05) is 24.4 Å². The van der Waals surface area contributed by atoms with E-state index in [9.17, 15) is 9.59 Å². The van der Waals surface area contributed by atoms with E-state index in [1.54, 1.807) is 73.1 Å². The lowest BCUT2D eigenvalue weighted by Gasteiger charge is -2.22. The Hall–Kier alpha value is -4.04. The number of halogens is 1. The SMILES string of the molecule is CC(C)(C)OC(=O)CNC(=O)OC[n+]1ccc(N(CCCCCCOc2ccc(Cl)cc2)C(N)=NC#N)cc1. The van der Waals surface area contributed by atoms with E-state index in [2.05, 4.69) is 10.3 Å². The van der Waals surface area contributed by atoms with Gasteiger partial charge in [-0.3, -0.25) is 4.79 Å². The van der Waals surface area contributed by atoms with Crippen LogP contribution in [0.1, 0.15) is 46.5 Å². The van der Waals surface area contributed by atoms with Crippen molar-refractivity contribution in [3.05, 3.63) is 53.8 Å². The monoisotopic (exact) mass is 559 g/mol. The van der Waals surface area contributed by atoms with E-state index in [0.29, 0.717) is 18.2 Å². The third-order valence-electron chi connectivity index (χ3n) is 5.13. The zero-order valence-corrected chi connectivity index (χ0v) is 23.3. The van der Waals surface area contributed by atoms with Gasteiger partial charge in [-0.25, -0.2) is 4.79 Å². The van der Waals surface area contributed by atoms with Gasteiger partial charge in [0.15, 0.2) is 12.4 Å². The molecule has 12 heteroatoms. The summed E-state index contributed by atoms with van der Waals surface area (Å²) in [5, 5.41) is 12.0. The maximum atomic E-state index is 11.9. The fraction of sp³-hybridized carbons (Fsp3) is 0.444. The number of anilines is 1. The molecule has 1 aromatic carbocycles. The number of hydrogen-bond donors (Lipinski definition) is 2. The van der Waals surface area contributed by atoms with E-state index in [4.69, 9.17) is 36.8 Å². The predicted octanol–water partition coefficient (Wildman–Crippen LogP) is 3.89. The molecular weight excluding hydrogens is 524 g/mol. The number of pyridine rings is 1. The van der Waals surface area contributed by atoms with Crippen molar-refractivity contribution >= 4 is 35.3 Å². The normalized spacial score (nSPS) is 11.3. The van der Waals surface area contributed by atoms with Crippen LogP contribution in [-0.2, 0) is 21.0 Å². The van der Waals surface area contributed by atoms with Crippen LogP contribution in [0.25, 0.3) is 0 Å². The van der Waals surface area contributed by atoms with Crippen LogP contribution in [0.5, 0.6) is 5.75 Å². The molecule has 0 spiro atoms. The second-order valence-corrected chi connectivity index (χ2v) is 9.95. The summed E-state index contributed by atoms with van der Waals surface area (Å²) in [5.41, 5.74) is 6.14. The number of amides is 1. The summed E-state index contributed by atoms with van der Waals surface area (Å²) in [7, 11) is 0. The number of benzene rings is 1. The van der Waals surface area contributed by atoms with E-state index < -0.39 is 17.7 Å². The van der Waals surface area contributed by atoms with Crippen molar-refractivity contribution in [3.8, 4) is 11.9 Å². The number of hydrogen-bond acceptors (Lipinski definition) is 7. The number of aromatic nitrogens is 1. The van der Waals surface area contributed by atoms with Crippen LogP contribution in [0.2, 0.25) is 5.02 Å². The topological polar surface area (TPSA) is 143 Å². The van der Waals surface area contributed by atoms with Gasteiger partial charge in [0, 0.05) is 23.7 Å². The summed E-state index contributed by atoms with van der Waals surface area (Å²) in [6, 6.07) is 10.8. The number of nitrogens with zero attached hydrogens (tertiary/aromatic N) is 4. The molecule has 0 bridgehead atoms. The van der Waals surface area contributed by atoms with Gasteiger partial charge < -0.3 is 30.2 Å². The molecule has 2 aromatic rings. The van der Waals surface area contributed by atoms with Crippen LogP contribution in [0, 0.1) is 11.5 Å². The summed E-state index contributed by atoms with van der Waals surface area (Å²) >= 11 is 5.88. The third kappa shape index (κ3) is 12.8. The zero-order chi connectivity index (χ0) is 28.7. The highest BCUT2D eigenvalue weighted by atomic mass is 35.5. The lowest BCUT2D eigenvalue weighted by atomic mass is 10.2. The molecule has 11 nitrogen and oxygen atoms in total. The first-order chi connectivity index (χ1) is 18.6. The number of unbranched alkanes of at least 4 members (excludes halogenated alkanes) is 3. The fourth-order valence-corrected chi connectivity index (χ4v) is 3.48. The van der Waals surface area contributed by atoms with Crippen molar-refractivity contribution in [2.24, 2.45) is 10.7 Å². The van der Waals surface area contributed by atoms with E-state index in [1.807, 2.05) is 12.1 Å². The Morgan fingerprint density at radius 1 is 1.10 bits per heavy atom. The number of alkyl carbamates (subject to hydrolysis) is 1. The molecule has 0 unspecified atom stereocenters. The van der Waals surface area contributed by atoms with Crippen molar-refractivity contribution in [1.29, 1.82) is 5.26 Å². The van der Waals surface area contributed by atoms with Crippen LogP contribution >= 0.6 is 11.6 Å². The maximum Gasteiger partial charge on any atom is 0.412 e. The first kappa shape index (κ1) is 31.2. The maximum absolute atomic E-state index is 11.9. The van der Waals surface area contributed by atoms with Gasteiger partial charge in [0.2, 0.25) is 12.2 Å². The molecule has 1 amide bonds. The standard InChI is InChI=1S/C27H35ClN6O5/c1-27(2,3)39-24(35)18-31-26(36)38-20-33-15-12-22(13-16-33)34(25(30)32-19-29)14-6-4-5-7-17-37-23-10-8-21(28)9-11-23/h8-13,15-16H,4-7,14,17-18,20H2,1-3H3,(H2-,30,31,32,36)/p+1. The molecule has 0 aliphatic carbocycles. The van der Waals surface area contributed by atoms with Crippen LogP contribution < -0.4 is 25.3 Å². The van der Waals surface area contributed by atoms with E-state index in [1.165, 1.54) is 0 Å². The molecule has 0 saturated carbocycles. The van der Waals surface area contributed by atoms with Crippen LogP contribution in [-0.4, -0.2) is 43.3 Å². The van der Waals surface area contributed by atoms with E-state index in [0.717, 1.165) is 37.1 Å². The summed E-state index contributed by atoms with van der Waals surface area (Å²) in [5.74, 6) is 0.331. The molecule has 0 aliphatic heterocycles. The Morgan fingerprint density at radius 2 is 1.77 bits per heavy atom. The second-order valence-electron chi connectivity index (χ2n) is 9.51. The number of nitriles is 1. The minimum absolute atomic E-state index is 0.0692. The summed E-state index contributed by atoms with van der Waals surface area (Å²) in [6.07, 6.45) is 8.04. The third-order valence-corrected chi connectivity index (χ3v) is 5.38. The van der Waals surface area contributed by atoms with Gasteiger partial charge in [0.1, 0.15) is 17.9 Å². The van der Waals surface area contributed by atoms with Gasteiger partial charge in [0.25, 0.3) is 6.73 Å². The molecule has 0 atom stereocenters. The number of aliphatic imine (C=N–C) groups is 1. The van der Waals surface area contributed by atoms with Crippen molar-refractivity contribution in [2.45, 2.75) is 58.8 Å². The molecule has 0 aliphatic rings. The highest BCUT2D eigenvalue weighted by Crippen LogP contribution is 2.17. The van der Waals surface area contributed by atoms with Crippen molar-refractivity contribution in [2.75, 3.05) is 24.6 Å². The number of guanidine groups is 1. The van der Waals surface area contributed by atoms with Gasteiger partial charge >= 0.3 is 12.1 Å². The average molecular weight is 560 g/mol. The zero-order valence-electron chi connectivity index (χ0n) is 22.6.